The molecule has 4 nitrogen and oxygen atoms in total. The van der Waals surface area contributed by atoms with Crippen molar-refractivity contribution in [3.05, 3.63) is 59.7 Å². The summed E-state index contributed by atoms with van der Waals surface area (Å²) in [5.41, 5.74) is 2.35. The number of hydrogen-bond donors (Lipinski definition) is 1. The van der Waals surface area contributed by atoms with Crippen molar-refractivity contribution in [2.45, 2.75) is 25.4 Å². The molecule has 25 heavy (non-hydrogen) atoms. The Hall–Kier alpha value is -2.04. The normalized spacial score (nSPS) is 18.9. The summed E-state index contributed by atoms with van der Waals surface area (Å²) < 4.78 is 11.2. The van der Waals surface area contributed by atoms with Crippen LogP contribution in [0.1, 0.15) is 23.5 Å². The predicted octanol–water partition coefficient (Wildman–Crippen LogP) is 3.23. The highest BCUT2D eigenvalue weighted by Gasteiger charge is 2.27. The molecule has 1 saturated heterocycles. The fraction of sp³-hybridized carbons (Fsp3) is 0.429. The van der Waals surface area contributed by atoms with Gasteiger partial charge in [0.2, 0.25) is 0 Å². The highest BCUT2D eigenvalue weighted by molar-refractivity contribution is 5.37. The third-order valence-electron chi connectivity index (χ3n) is 4.84. The second-order valence-corrected chi connectivity index (χ2v) is 6.72. The Labute approximate surface area is 150 Å². The van der Waals surface area contributed by atoms with E-state index < -0.39 is 6.10 Å². The molecule has 1 N–H and O–H groups in total. The van der Waals surface area contributed by atoms with Crippen LogP contribution in [0.5, 0.6) is 11.5 Å². The molecule has 2 aromatic rings. The van der Waals surface area contributed by atoms with Gasteiger partial charge in [0.05, 0.1) is 7.11 Å². The van der Waals surface area contributed by atoms with E-state index in [1.54, 1.807) is 7.11 Å². The van der Waals surface area contributed by atoms with Crippen LogP contribution >= 0.6 is 0 Å². The lowest BCUT2D eigenvalue weighted by molar-refractivity contribution is 0.0751. The Balaban J connectivity index is 1.50. The molecule has 1 heterocycles. The number of benzene rings is 2. The smallest absolute Gasteiger partial charge is 0.122 e. The zero-order valence-corrected chi connectivity index (χ0v) is 15.0. The number of β-amino-alcohol motifs (C(OH)–C–C–N with tert-alkyl or cyclic N) is 1. The van der Waals surface area contributed by atoms with Crippen molar-refractivity contribution in [1.29, 1.82) is 0 Å². The zero-order chi connectivity index (χ0) is 17.6. The molecule has 1 aliphatic rings. The molecule has 134 valence electrons. The van der Waals surface area contributed by atoms with Gasteiger partial charge in [0.15, 0.2) is 0 Å². The van der Waals surface area contributed by atoms with E-state index in [0.717, 1.165) is 36.6 Å². The van der Waals surface area contributed by atoms with Gasteiger partial charge in [-0.15, -0.1) is 0 Å². The second kappa shape index (κ2) is 8.37. The Bertz CT molecular complexity index is 688. The van der Waals surface area contributed by atoms with Crippen molar-refractivity contribution in [2.75, 3.05) is 33.4 Å². The fourth-order valence-corrected chi connectivity index (χ4v) is 3.51. The predicted molar refractivity (Wildman–Crippen MR) is 99.5 cm³/mol. The molecule has 2 atom stereocenters. The highest BCUT2D eigenvalue weighted by atomic mass is 16.5. The third kappa shape index (κ3) is 4.53. The number of hydrogen-bond acceptors (Lipinski definition) is 4. The maximum absolute atomic E-state index is 10.3. The summed E-state index contributed by atoms with van der Waals surface area (Å²) in [6.07, 6.45) is 0.599. The lowest BCUT2D eigenvalue weighted by Gasteiger charge is -2.21. The number of nitrogens with zero attached hydrogens (tertiary/aromatic N) is 1. The molecule has 0 spiro atoms. The number of aliphatic hydroxyl groups excluding tert-OH is 1. The Morgan fingerprint density at radius 3 is 2.60 bits per heavy atom. The summed E-state index contributed by atoms with van der Waals surface area (Å²) in [6.45, 7) is 4.91. The summed E-state index contributed by atoms with van der Waals surface area (Å²) in [5.74, 6) is 2.26. The first-order chi connectivity index (χ1) is 12.2. The van der Waals surface area contributed by atoms with Gasteiger partial charge in [0.25, 0.3) is 0 Å². The molecule has 0 bridgehead atoms. The minimum absolute atomic E-state index is 0.320. The number of likely N-dealkylation sites (tertiary alicyclic amines) is 1. The molecule has 0 aliphatic carbocycles. The van der Waals surface area contributed by atoms with Crippen molar-refractivity contribution in [2.24, 2.45) is 0 Å². The maximum Gasteiger partial charge on any atom is 0.122 e. The molecule has 0 saturated carbocycles. The van der Waals surface area contributed by atoms with Crippen LogP contribution in [0.15, 0.2) is 48.5 Å². The molecule has 2 unspecified atom stereocenters. The van der Waals surface area contributed by atoms with E-state index in [-0.39, 0.29) is 0 Å². The van der Waals surface area contributed by atoms with Gasteiger partial charge < -0.3 is 19.5 Å². The molecule has 4 heteroatoms. The van der Waals surface area contributed by atoms with E-state index in [9.17, 15) is 5.11 Å². The first-order valence-electron chi connectivity index (χ1n) is 8.89. The lowest BCUT2D eigenvalue weighted by Crippen LogP contribution is -2.34. The molecule has 2 aromatic carbocycles. The Kier molecular flexibility index (Phi) is 5.95. The second-order valence-electron chi connectivity index (χ2n) is 6.72. The van der Waals surface area contributed by atoms with Crippen LogP contribution in [0.25, 0.3) is 0 Å². The molecule has 3 rings (SSSR count). The van der Waals surface area contributed by atoms with Crippen molar-refractivity contribution in [3.8, 4) is 11.5 Å². The van der Waals surface area contributed by atoms with Gasteiger partial charge in [-0.3, -0.25) is 0 Å². The molecule has 0 amide bonds. The number of aliphatic hydroxyl groups is 1. The van der Waals surface area contributed by atoms with Gasteiger partial charge in [-0.2, -0.15) is 0 Å². The summed E-state index contributed by atoms with van der Waals surface area (Å²) in [4.78, 5) is 2.31. The molecular formula is C21H27NO3. The Morgan fingerprint density at radius 2 is 1.84 bits per heavy atom. The summed E-state index contributed by atoms with van der Waals surface area (Å²) in [6, 6.07) is 16.1. The first kappa shape index (κ1) is 17.8. The van der Waals surface area contributed by atoms with Crippen LogP contribution in [0.3, 0.4) is 0 Å². The van der Waals surface area contributed by atoms with Crippen LogP contribution in [0.4, 0.5) is 0 Å². The van der Waals surface area contributed by atoms with Gasteiger partial charge in [0.1, 0.15) is 24.2 Å². The Morgan fingerprint density at radius 1 is 1.12 bits per heavy atom. The van der Waals surface area contributed by atoms with Gasteiger partial charge in [-0.1, -0.05) is 36.4 Å². The summed E-state index contributed by atoms with van der Waals surface area (Å²) in [7, 11) is 1.72. The van der Waals surface area contributed by atoms with Gasteiger partial charge in [-0.05, 0) is 43.1 Å². The van der Waals surface area contributed by atoms with Crippen LogP contribution < -0.4 is 9.47 Å². The van der Waals surface area contributed by atoms with Crippen LogP contribution in [-0.4, -0.2) is 49.5 Å². The summed E-state index contributed by atoms with van der Waals surface area (Å²) >= 11 is 0. The first-order valence-corrected chi connectivity index (χ1v) is 8.89. The molecular weight excluding hydrogens is 314 g/mol. The van der Waals surface area contributed by atoms with E-state index in [4.69, 9.17) is 9.47 Å². The maximum atomic E-state index is 10.3. The minimum Gasteiger partial charge on any atom is -0.496 e. The van der Waals surface area contributed by atoms with Crippen LogP contribution in [0.2, 0.25) is 0 Å². The van der Waals surface area contributed by atoms with Gasteiger partial charge in [-0.25, -0.2) is 0 Å². The van der Waals surface area contributed by atoms with E-state index in [2.05, 4.69) is 17.0 Å². The minimum atomic E-state index is -0.490. The number of ether oxygens (including phenoxy) is 2. The standard InChI is InChI=1S/C21H27NO3/c1-16-7-3-5-9-20(16)25-15-18(23)14-22-12-11-17(13-22)19-8-4-6-10-21(19)24-2/h3-10,17-18,23H,11-15H2,1-2H3. The van der Waals surface area contributed by atoms with E-state index >= 15 is 0 Å². The number of aryl methyl sites for hydroxylation is 1. The van der Waals surface area contributed by atoms with Crippen molar-refractivity contribution in [1.82, 2.24) is 4.90 Å². The fourth-order valence-electron chi connectivity index (χ4n) is 3.51. The van der Waals surface area contributed by atoms with Crippen LogP contribution in [-0.2, 0) is 0 Å². The number of para-hydroxylation sites is 2. The average Bonchev–Trinajstić information content (AvgIpc) is 3.09. The molecule has 1 fully saturated rings. The largest absolute Gasteiger partial charge is 0.496 e. The molecule has 0 radical (unpaired) electrons. The third-order valence-corrected chi connectivity index (χ3v) is 4.84. The van der Waals surface area contributed by atoms with Crippen molar-refractivity contribution < 1.29 is 14.6 Å². The van der Waals surface area contributed by atoms with Crippen molar-refractivity contribution in [3.63, 3.8) is 0 Å². The van der Waals surface area contributed by atoms with E-state index in [1.807, 2.05) is 43.3 Å². The lowest BCUT2D eigenvalue weighted by atomic mass is 9.97. The summed E-state index contributed by atoms with van der Waals surface area (Å²) in [5, 5.41) is 10.3. The van der Waals surface area contributed by atoms with Gasteiger partial charge in [0, 0.05) is 19.0 Å². The van der Waals surface area contributed by atoms with E-state index in [1.165, 1.54) is 5.56 Å². The number of rotatable bonds is 7. The van der Waals surface area contributed by atoms with Crippen molar-refractivity contribution >= 4 is 0 Å². The van der Waals surface area contributed by atoms with Crippen LogP contribution in [0, 0.1) is 6.92 Å². The number of methoxy groups -OCH3 is 1. The quantitative estimate of drug-likeness (QED) is 0.839. The SMILES string of the molecule is COc1ccccc1C1CCN(CC(O)COc2ccccc2C)C1. The van der Waals surface area contributed by atoms with Gasteiger partial charge >= 0.3 is 0 Å². The molecule has 0 aromatic heterocycles. The topological polar surface area (TPSA) is 41.9 Å². The average molecular weight is 341 g/mol. The highest BCUT2D eigenvalue weighted by Crippen LogP contribution is 2.33. The monoisotopic (exact) mass is 341 g/mol. The zero-order valence-electron chi connectivity index (χ0n) is 15.0. The molecule has 1 aliphatic heterocycles. The van der Waals surface area contributed by atoms with E-state index in [0.29, 0.717) is 19.1 Å².